The zero-order chi connectivity index (χ0) is 20.5. The van der Waals surface area contributed by atoms with E-state index in [1.54, 1.807) is 43.3 Å². The van der Waals surface area contributed by atoms with Gasteiger partial charge < -0.3 is 25.0 Å². The number of phenols is 1. The normalized spacial score (nSPS) is 12.6. The Morgan fingerprint density at radius 2 is 1.90 bits per heavy atom. The first kappa shape index (κ1) is 25.0. The number of rotatable bonds is 10. The van der Waals surface area contributed by atoms with Gasteiger partial charge in [-0.1, -0.05) is 29.8 Å². The second-order valence-electron chi connectivity index (χ2n) is 6.39. The monoisotopic (exact) mass is 443 g/mol. The highest BCUT2D eigenvalue weighted by Gasteiger charge is 2.15. The highest BCUT2D eigenvalue weighted by Crippen LogP contribution is 2.26. The van der Waals surface area contributed by atoms with Gasteiger partial charge in [-0.3, -0.25) is 0 Å². The quantitative estimate of drug-likeness (QED) is 0.485. The summed E-state index contributed by atoms with van der Waals surface area (Å²) in [5.74, 6) is 0.165. The average Bonchev–Trinajstić information content (AvgIpc) is 2.67. The molecule has 29 heavy (non-hydrogen) atoms. The van der Waals surface area contributed by atoms with Crippen molar-refractivity contribution in [2.75, 3.05) is 19.8 Å². The van der Waals surface area contributed by atoms with Gasteiger partial charge in [0, 0.05) is 6.04 Å². The Morgan fingerprint density at radius 1 is 1.21 bits per heavy atom. The van der Waals surface area contributed by atoms with Crippen LogP contribution in [0, 0.1) is 0 Å². The van der Waals surface area contributed by atoms with Crippen molar-refractivity contribution in [1.29, 1.82) is 0 Å². The van der Waals surface area contributed by atoms with Gasteiger partial charge in [-0.25, -0.2) is 4.79 Å². The molecule has 3 N–H and O–H groups in total. The maximum atomic E-state index is 11.3. The lowest BCUT2D eigenvalue weighted by Crippen LogP contribution is -2.33. The zero-order valence-electron chi connectivity index (χ0n) is 16.4. The molecule has 0 radical (unpaired) electrons. The minimum atomic E-state index is -0.678. The van der Waals surface area contributed by atoms with Crippen molar-refractivity contribution in [3.8, 4) is 11.5 Å². The molecule has 2 aromatic carbocycles. The SMILES string of the molecule is CCOC(=O)COc1ccc(CCNC(C)C(O)c2ccc(O)cc2)cc1Cl.Cl. The number of hydrogen-bond acceptors (Lipinski definition) is 6. The van der Waals surface area contributed by atoms with E-state index in [9.17, 15) is 15.0 Å². The number of nitrogens with one attached hydrogen (secondary N) is 1. The van der Waals surface area contributed by atoms with Crippen LogP contribution in [-0.4, -0.2) is 42.0 Å². The van der Waals surface area contributed by atoms with Gasteiger partial charge in [0.25, 0.3) is 0 Å². The van der Waals surface area contributed by atoms with Gasteiger partial charge in [0.05, 0.1) is 17.7 Å². The van der Waals surface area contributed by atoms with Crippen molar-refractivity contribution in [2.24, 2.45) is 0 Å². The largest absolute Gasteiger partial charge is 0.508 e. The Labute approximate surface area is 182 Å². The van der Waals surface area contributed by atoms with Crippen molar-refractivity contribution in [3.05, 3.63) is 58.6 Å². The maximum Gasteiger partial charge on any atom is 0.344 e. The van der Waals surface area contributed by atoms with Crippen molar-refractivity contribution in [1.82, 2.24) is 5.32 Å². The van der Waals surface area contributed by atoms with E-state index in [1.165, 1.54) is 0 Å². The van der Waals surface area contributed by atoms with E-state index >= 15 is 0 Å². The molecular weight excluding hydrogens is 417 g/mol. The van der Waals surface area contributed by atoms with Crippen molar-refractivity contribution < 1.29 is 24.5 Å². The molecule has 2 atom stereocenters. The highest BCUT2D eigenvalue weighted by molar-refractivity contribution is 6.32. The van der Waals surface area contributed by atoms with Crippen LogP contribution >= 0.6 is 24.0 Å². The number of carbonyl (C=O) groups excluding carboxylic acids is 1. The van der Waals surface area contributed by atoms with Crippen LogP contribution in [0.15, 0.2) is 42.5 Å². The number of hydrogen-bond donors (Lipinski definition) is 3. The van der Waals surface area contributed by atoms with E-state index in [0.717, 1.165) is 11.1 Å². The molecule has 8 heteroatoms. The lowest BCUT2D eigenvalue weighted by molar-refractivity contribution is -0.145. The zero-order valence-corrected chi connectivity index (χ0v) is 18.0. The van der Waals surface area contributed by atoms with Gasteiger partial charge in [-0.05, 0) is 62.2 Å². The molecule has 0 aromatic heterocycles. The first-order valence-electron chi connectivity index (χ1n) is 9.18. The number of benzene rings is 2. The molecule has 0 amide bonds. The number of carbonyl (C=O) groups is 1. The van der Waals surface area contributed by atoms with Gasteiger partial charge in [-0.2, -0.15) is 0 Å². The fourth-order valence-corrected chi connectivity index (χ4v) is 2.93. The van der Waals surface area contributed by atoms with E-state index in [2.05, 4.69) is 5.32 Å². The highest BCUT2D eigenvalue weighted by atomic mass is 35.5. The molecule has 0 heterocycles. The Kier molecular flexibility index (Phi) is 10.8. The third-order valence-corrected chi connectivity index (χ3v) is 4.53. The lowest BCUT2D eigenvalue weighted by Gasteiger charge is -2.21. The third-order valence-electron chi connectivity index (χ3n) is 4.24. The summed E-state index contributed by atoms with van der Waals surface area (Å²) in [6.07, 6.45) is 0.0349. The van der Waals surface area contributed by atoms with E-state index in [1.807, 2.05) is 13.0 Å². The molecule has 2 unspecified atom stereocenters. The Morgan fingerprint density at radius 3 is 2.52 bits per heavy atom. The minimum absolute atomic E-state index is 0. The van der Waals surface area contributed by atoms with Crippen LogP contribution < -0.4 is 10.1 Å². The summed E-state index contributed by atoms with van der Waals surface area (Å²) in [7, 11) is 0. The summed E-state index contributed by atoms with van der Waals surface area (Å²) in [6.45, 7) is 4.41. The van der Waals surface area contributed by atoms with E-state index in [-0.39, 0.29) is 30.8 Å². The molecule has 0 aliphatic rings. The molecule has 0 fully saturated rings. The summed E-state index contributed by atoms with van der Waals surface area (Å²) >= 11 is 6.22. The van der Waals surface area contributed by atoms with Gasteiger partial charge in [0.2, 0.25) is 0 Å². The van der Waals surface area contributed by atoms with E-state index in [4.69, 9.17) is 21.1 Å². The lowest BCUT2D eigenvalue weighted by atomic mass is 10.0. The molecule has 2 aromatic rings. The van der Waals surface area contributed by atoms with Crippen molar-refractivity contribution >= 4 is 30.0 Å². The first-order chi connectivity index (χ1) is 13.4. The number of aliphatic hydroxyl groups excluding tert-OH is 1. The standard InChI is InChI=1S/C21H26ClNO5.ClH/c1-3-27-20(25)13-28-19-9-4-15(12-18(19)22)10-11-23-14(2)21(26)16-5-7-17(24)8-6-16;/h4-9,12,14,21,23-24,26H,3,10-11,13H2,1-2H3;1H. The Hall–Kier alpha value is -1.99. The molecule has 0 aliphatic heterocycles. The second kappa shape index (κ2) is 12.5. The number of halogens is 2. The smallest absolute Gasteiger partial charge is 0.344 e. The molecule has 0 aliphatic carbocycles. The maximum absolute atomic E-state index is 11.3. The van der Waals surface area contributed by atoms with Crippen LogP contribution in [0.4, 0.5) is 0 Å². The number of esters is 1. The van der Waals surface area contributed by atoms with Gasteiger partial charge in [0.15, 0.2) is 6.61 Å². The first-order valence-corrected chi connectivity index (χ1v) is 9.55. The summed E-state index contributed by atoms with van der Waals surface area (Å²) in [5, 5.41) is 23.4. The average molecular weight is 444 g/mol. The minimum Gasteiger partial charge on any atom is -0.508 e. The number of aromatic hydroxyl groups is 1. The Bertz CT molecular complexity index is 770. The molecule has 2 rings (SSSR count). The predicted octanol–water partition coefficient (Wildman–Crippen LogP) is 3.66. The van der Waals surface area contributed by atoms with Crippen LogP contribution in [-0.2, 0) is 16.0 Å². The molecule has 0 saturated carbocycles. The molecule has 160 valence electrons. The van der Waals surface area contributed by atoms with E-state index < -0.39 is 12.1 Å². The summed E-state index contributed by atoms with van der Waals surface area (Å²) in [4.78, 5) is 11.3. The molecule has 0 saturated heterocycles. The number of ether oxygens (including phenoxy) is 2. The van der Waals surface area contributed by atoms with Crippen molar-refractivity contribution in [2.45, 2.75) is 32.4 Å². The van der Waals surface area contributed by atoms with Crippen LogP contribution in [0.25, 0.3) is 0 Å². The summed E-state index contributed by atoms with van der Waals surface area (Å²) in [5.41, 5.74) is 1.75. The van der Waals surface area contributed by atoms with Crippen LogP contribution in [0.1, 0.15) is 31.1 Å². The van der Waals surface area contributed by atoms with Gasteiger partial charge in [0.1, 0.15) is 11.5 Å². The molecule has 6 nitrogen and oxygen atoms in total. The van der Waals surface area contributed by atoms with Crippen LogP contribution in [0.3, 0.4) is 0 Å². The topological polar surface area (TPSA) is 88.0 Å². The number of aliphatic hydroxyl groups is 1. The fraction of sp³-hybridized carbons (Fsp3) is 0.381. The van der Waals surface area contributed by atoms with E-state index in [0.29, 0.717) is 30.3 Å². The molecule has 0 spiro atoms. The summed E-state index contributed by atoms with van der Waals surface area (Å²) in [6, 6.07) is 11.8. The van der Waals surface area contributed by atoms with Gasteiger partial charge >= 0.3 is 5.97 Å². The van der Waals surface area contributed by atoms with Gasteiger partial charge in [-0.15, -0.1) is 12.4 Å². The molecular formula is C21H27Cl2NO5. The Balaban J connectivity index is 0.00000420. The summed E-state index contributed by atoms with van der Waals surface area (Å²) < 4.78 is 10.2. The van der Waals surface area contributed by atoms with Crippen LogP contribution in [0.2, 0.25) is 5.02 Å². The third kappa shape index (κ3) is 8.11. The number of phenolic OH excluding ortho intramolecular Hbond substituents is 1. The molecule has 0 bridgehead atoms. The van der Waals surface area contributed by atoms with Crippen molar-refractivity contribution in [3.63, 3.8) is 0 Å². The fourth-order valence-electron chi connectivity index (χ4n) is 2.67. The second-order valence-corrected chi connectivity index (χ2v) is 6.79. The van der Waals surface area contributed by atoms with Crippen LogP contribution in [0.5, 0.6) is 11.5 Å². The predicted molar refractivity (Wildman–Crippen MR) is 115 cm³/mol.